The summed E-state index contributed by atoms with van der Waals surface area (Å²) in [6.07, 6.45) is 5.17. The molecule has 1 aliphatic heterocycles. The highest BCUT2D eigenvalue weighted by Gasteiger charge is 2.31. The Balaban J connectivity index is 1.63. The quantitative estimate of drug-likeness (QED) is 0.592. The fraction of sp³-hybridized carbons (Fsp3) is 0.261. The normalized spacial score (nSPS) is 17.3. The number of nitrogens with zero attached hydrogens (tertiary/aromatic N) is 3. The third-order valence-corrected chi connectivity index (χ3v) is 5.64. The second-order valence-corrected chi connectivity index (χ2v) is 7.62. The Kier molecular flexibility index (Phi) is 3.87. The van der Waals surface area contributed by atoms with Gasteiger partial charge in [-0.2, -0.15) is 5.10 Å². The van der Waals surface area contributed by atoms with E-state index in [1.54, 1.807) is 0 Å². The van der Waals surface area contributed by atoms with Crippen molar-refractivity contribution in [1.29, 1.82) is 0 Å². The molecule has 4 heteroatoms. The summed E-state index contributed by atoms with van der Waals surface area (Å²) in [5, 5.41) is 5.72. The van der Waals surface area contributed by atoms with Crippen molar-refractivity contribution in [3.8, 4) is 0 Å². The molecule has 1 N–H and O–H groups in total. The lowest BCUT2D eigenvalue weighted by Crippen LogP contribution is -2.35. The molecule has 0 saturated carbocycles. The number of benzene rings is 2. The monoisotopic (exact) mass is 356 g/mol. The van der Waals surface area contributed by atoms with Gasteiger partial charge in [0.05, 0.1) is 12.2 Å². The van der Waals surface area contributed by atoms with Crippen molar-refractivity contribution in [3.63, 3.8) is 0 Å². The molecular weight excluding hydrogens is 332 g/mol. The Morgan fingerprint density at radius 2 is 2.04 bits per heavy atom. The number of hydrogen-bond acceptors (Lipinski definition) is 2. The largest absolute Gasteiger partial charge is 0.357 e. The Labute approximate surface area is 159 Å². The Hall–Kier alpha value is -2.85. The molecule has 3 heterocycles. The Morgan fingerprint density at radius 3 is 2.85 bits per heavy atom. The third kappa shape index (κ3) is 2.86. The number of aryl methyl sites for hydroxylation is 2. The maximum absolute atomic E-state index is 4.36. The highest BCUT2D eigenvalue weighted by molar-refractivity contribution is 5.85. The van der Waals surface area contributed by atoms with E-state index in [4.69, 9.17) is 0 Å². The van der Waals surface area contributed by atoms with Crippen molar-refractivity contribution >= 4 is 10.9 Å². The van der Waals surface area contributed by atoms with Gasteiger partial charge in [-0.05, 0) is 30.5 Å². The van der Waals surface area contributed by atoms with Crippen LogP contribution >= 0.6 is 0 Å². The van der Waals surface area contributed by atoms with Gasteiger partial charge < -0.3 is 4.98 Å². The van der Waals surface area contributed by atoms with Crippen LogP contribution in [0.3, 0.4) is 0 Å². The van der Waals surface area contributed by atoms with E-state index in [-0.39, 0.29) is 6.04 Å². The minimum absolute atomic E-state index is 0.237. The molecule has 2 aromatic heterocycles. The van der Waals surface area contributed by atoms with Crippen LogP contribution in [0.1, 0.15) is 34.0 Å². The smallest absolute Gasteiger partial charge is 0.0760 e. The number of fused-ring (bicyclic) bond motifs is 3. The van der Waals surface area contributed by atoms with Crippen molar-refractivity contribution in [1.82, 2.24) is 19.7 Å². The number of hydrogen-bond donors (Lipinski definition) is 1. The summed E-state index contributed by atoms with van der Waals surface area (Å²) in [5.74, 6) is 0. The first-order chi connectivity index (χ1) is 13.2. The lowest BCUT2D eigenvalue weighted by Gasteiger charge is -2.36. The molecule has 0 fully saturated rings. The fourth-order valence-electron chi connectivity index (χ4n) is 4.47. The third-order valence-electron chi connectivity index (χ3n) is 5.64. The van der Waals surface area contributed by atoms with Gasteiger partial charge in [-0.1, -0.05) is 48.0 Å². The van der Waals surface area contributed by atoms with Crippen LogP contribution in [0, 0.1) is 6.92 Å². The zero-order chi connectivity index (χ0) is 18.4. The molecule has 1 atom stereocenters. The van der Waals surface area contributed by atoms with Gasteiger partial charge in [-0.3, -0.25) is 9.58 Å². The van der Waals surface area contributed by atoms with Crippen LogP contribution in [0.4, 0.5) is 0 Å². The van der Waals surface area contributed by atoms with Crippen LogP contribution < -0.4 is 0 Å². The van der Waals surface area contributed by atoms with Crippen molar-refractivity contribution in [3.05, 3.63) is 88.9 Å². The maximum Gasteiger partial charge on any atom is 0.0760 e. The number of aromatic amines is 1. The minimum atomic E-state index is 0.237. The number of rotatable bonds is 3. The number of aromatic nitrogens is 3. The molecule has 0 amide bonds. The zero-order valence-corrected chi connectivity index (χ0v) is 15.8. The second kappa shape index (κ2) is 6.39. The first-order valence-corrected chi connectivity index (χ1v) is 9.56. The molecule has 0 spiro atoms. The summed E-state index contributed by atoms with van der Waals surface area (Å²) in [6, 6.07) is 17.8. The molecule has 0 unspecified atom stereocenters. The van der Waals surface area contributed by atoms with Crippen LogP contribution in [0.2, 0.25) is 0 Å². The van der Waals surface area contributed by atoms with E-state index in [1.807, 2.05) is 17.9 Å². The number of para-hydroxylation sites is 1. The summed E-state index contributed by atoms with van der Waals surface area (Å²) in [4.78, 5) is 6.32. The van der Waals surface area contributed by atoms with E-state index in [0.29, 0.717) is 0 Å². The van der Waals surface area contributed by atoms with Crippen molar-refractivity contribution in [2.75, 3.05) is 6.54 Å². The number of nitrogens with one attached hydrogen (secondary N) is 1. The lowest BCUT2D eigenvalue weighted by molar-refractivity contribution is 0.202. The van der Waals surface area contributed by atoms with E-state index in [0.717, 1.165) is 19.5 Å². The lowest BCUT2D eigenvalue weighted by atomic mass is 9.91. The van der Waals surface area contributed by atoms with Crippen LogP contribution in [0.15, 0.2) is 60.9 Å². The molecule has 0 saturated heterocycles. The molecule has 0 radical (unpaired) electrons. The topological polar surface area (TPSA) is 36.9 Å². The summed E-state index contributed by atoms with van der Waals surface area (Å²) < 4.78 is 1.88. The summed E-state index contributed by atoms with van der Waals surface area (Å²) in [5.41, 5.74) is 7.97. The van der Waals surface area contributed by atoms with Gasteiger partial charge in [0.1, 0.15) is 0 Å². The predicted molar refractivity (Wildman–Crippen MR) is 109 cm³/mol. The summed E-state index contributed by atoms with van der Waals surface area (Å²) in [7, 11) is 1.98. The molecule has 4 nitrogen and oxygen atoms in total. The van der Waals surface area contributed by atoms with E-state index in [9.17, 15) is 0 Å². The molecule has 0 aliphatic carbocycles. The maximum atomic E-state index is 4.36. The van der Waals surface area contributed by atoms with Crippen LogP contribution in [0.25, 0.3) is 10.9 Å². The van der Waals surface area contributed by atoms with Crippen molar-refractivity contribution in [2.45, 2.75) is 25.9 Å². The van der Waals surface area contributed by atoms with Crippen molar-refractivity contribution < 1.29 is 0 Å². The highest BCUT2D eigenvalue weighted by Crippen LogP contribution is 2.39. The molecule has 1 aliphatic rings. The molecule has 2 aromatic carbocycles. The summed E-state index contributed by atoms with van der Waals surface area (Å²) >= 11 is 0. The minimum Gasteiger partial charge on any atom is -0.357 e. The summed E-state index contributed by atoms with van der Waals surface area (Å²) in [6.45, 7) is 4.12. The molecule has 27 heavy (non-hydrogen) atoms. The number of H-pyrrole nitrogens is 1. The molecule has 0 bridgehead atoms. The van der Waals surface area contributed by atoms with Crippen LogP contribution in [-0.2, 0) is 20.0 Å². The van der Waals surface area contributed by atoms with Crippen LogP contribution in [-0.4, -0.2) is 26.2 Å². The average Bonchev–Trinajstić information content (AvgIpc) is 3.24. The second-order valence-electron chi connectivity index (χ2n) is 7.62. The zero-order valence-electron chi connectivity index (χ0n) is 15.8. The molecule has 136 valence electrons. The molecule has 5 rings (SSSR count). The molecular formula is C23H24N4. The van der Waals surface area contributed by atoms with E-state index < -0.39 is 0 Å². The SMILES string of the molecule is Cc1cccc([C@@H]2c3[nH]c4ccccc4c3CCN2Cc2cnn(C)c2)c1. The Morgan fingerprint density at radius 1 is 1.15 bits per heavy atom. The molecule has 4 aromatic rings. The average molecular weight is 356 g/mol. The van der Waals surface area contributed by atoms with E-state index in [1.165, 1.54) is 38.9 Å². The van der Waals surface area contributed by atoms with Gasteiger partial charge in [0.25, 0.3) is 0 Å². The van der Waals surface area contributed by atoms with Gasteiger partial charge in [0.2, 0.25) is 0 Å². The first kappa shape index (κ1) is 16.3. The first-order valence-electron chi connectivity index (χ1n) is 9.56. The predicted octanol–water partition coefficient (Wildman–Crippen LogP) is 4.36. The highest BCUT2D eigenvalue weighted by atomic mass is 15.2. The standard InChI is InChI=1S/C23H24N4/c1-16-6-5-7-18(12-16)23-22-20(19-8-3-4-9-21(19)25-22)10-11-27(23)15-17-13-24-26(2)14-17/h3-9,12-14,23,25H,10-11,15H2,1-2H3/t23-/m1/s1. The van der Waals surface area contributed by atoms with Gasteiger partial charge in [0.15, 0.2) is 0 Å². The van der Waals surface area contributed by atoms with E-state index in [2.05, 4.69) is 76.6 Å². The van der Waals surface area contributed by atoms with E-state index >= 15 is 0 Å². The Bertz CT molecular complexity index is 1100. The van der Waals surface area contributed by atoms with Gasteiger partial charge in [-0.25, -0.2) is 0 Å². The van der Waals surface area contributed by atoms with Crippen LogP contribution in [0.5, 0.6) is 0 Å². The van der Waals surface area contributed by atoms with Gasteiger partial charge in [-0.15, -0.1) is 0 Å². The van der Waals surface area contributed by atoms with Gasteiger partial charge >= 0.3 is 0 Å². The van der Waals surface area contributed by atoms with Crippen molar-refractivity contribution in [2.24, 2.45) is 7.05 Å². The van der Waals surface area contributed by atoms with Gasteiger partial charge in [0, 0.05) is 48.5 Å². The fourth-order valence-corrected chi connectivity index (χ4v) is 4.47.